The van der Waals surface area contributed by atoms with Crippen molar-refractivity contribution in [3.8, 4) is 0 Å². The fraction of sp³-hybridized carbons (Fsp3) is 0.550. The second kappa shape index (κ2) is 16.9. The average Bonchev–Trinajstić information content (AvgIpc) is 2.63. The molecule has 1 radical (unpaired) electrons. The maximum absolute atomic E-state index is 11.0. The van der Waals surface area contributed by atoms with Crippen LogP contribution in [0.4, 0.5) is 0 Å². The van der Waals surface area contributed by atoms with E-state index in [1.807, 2.05) is 31.4 Å². The number of rotatable bonds is 16. The van der Waals surface area contributed by atoms with Crippen molar-refractivity contribution >= 4 is 6.29 Å². The molecule has 7 heteroatoms. The molecule has 0 aromatic rings. The molecule has 0 atom stereocenters. The van der Waals surface area contributed by atoms with E-state index in [0.717, 1.165) is 25.7 Å². The normalized spacial score (nSPS) is 12.8. The first kappa shape index (κ1) is 24.4. The minimum absolute atomic E-state index is 0.195. The number of nitro groups is 2. The van der Waals surface area contributed by atoms with E-state index in [1.54, 1.807) is 18.2 Å². The molecule has 0 rings (SSSR count). The maximum Gasteiger partial charge on any atom is 0.246 e. The highest BCUT2D eigenvalue weighted by Crippen LogP contribution is 2.12. The lowest BCUT2D eigenvalue weighted by molar-refractivity contribution is -0.428. The minimum atomic E-state index is -0.367. The summed E-state index contributed by atoms with van der Waals surface area (Å²) in [4.78, 5) is 31.2. The largest absolute Gasteiger partial charge is 0.291 e. The van der Waals surface area contributed by atoms with Crippen LogP contribution in [0.25, 0.3) is 0 Å². The second-order valence-corrected chi connectivity index (χ2v) is 5.99. The molecule has 0 heterocycles. The van der Waals surface area contributed by atoms with E-state index in [1.165, 1.54) is 0 Å². The second-order valence-electron chi connectivity index (χ2n) is 5.99. The zero-order chi connectivity index (χ0) is 20.3. The molecule has 0 aromatic heterocycles. The van der Waals surface area contributed by atoms with Crippen LogP contribution in [0.5, 0.6) is 0 Å². The molecule has 0 saturated heterocycles. The predicted molar refractivity (Wildman–Crippen MR) is 106 cm³/mol. The fourth-order valence-corrected chi connectivity index (χ4v) is 2.37. The third kappa shape index (κ3) is 14.3. The van der Waals surface area contributed by atoms with E-state index >= 15 is 0 Å². The summed E-state index contributed by atoms with van der Waals surface area (Å²) in [5, 5.41) is 21.8. The fourth-order valence-electron chi connectivity index (χ4n) is 2.37. The molecule has 0 aromatic carbocycles. The number of nitrogens with zero attached hydrogens (tertiary/aromatic N) is 2. The van der Waals surface area contributed by atoms with Crippen LogP contribution in [0.2, 0.25) is 0 Å². The van der Waals surface area contributed by atoms with Gasteiger partial charge in [0.1, 0.15) is 0 Å². The molecule has 0 saturated carbocycles. The highest BCUT2D eigenvalue weighted by atomic mass is 16.6. The molecule has 0 bridgehead atoms. The Bertz CT molecular complexity index is 577. The standard InChI is InChI=1S/C20H29N2O5/c1-2-14-19(21(24)25)15-10-6-3-4-7-11-16-20(22(26)27)17-12-8-5-9-13-18-23/h4,6-7,10,14,16H,2-3,5,8-9,11-13,15,17H2,1H3/b7-4+,10-6+,19-14-,20-16-. The lowest BCUT2D eigenvalue weighted by Gasteiger charge is -1.99. The van der Waals surface area contributed by atoms with Gasteiger partial charge >= 0.3 is 0 Å². The van der Waals surface area contributed by atoms with Crippen molar-refractivity contribution in [1.82, 2.24) is 0 Å². The highest BCUT2D eigenvalue weighted by Gasteiger charge is 2.08. The van der Waals surface area contributed by atoms with Crippen molar-refractivity contribution in [2.75, 3.05) is 0 Å². The highest BCUT2D eigenvalue weighted by molar-refractivity contribution is 5.50. The number of carbonyl (C=O) groups excluding carboxylic acids is 1. The van der Waals surface area contributed by atoms with Gasteiger partial charge in [0.2, 0.25) is 11.4 Å². The minimum Gasteiger partial charge on any atom is -0.291 e. The quantitative estimate of drug-likeness (QED) is 0.154. The number of allylic oxidation sites excluding steroid dienone is 7. The Hall–Kier alpha value is -2.57. The van der Waals surface area contributed by atoms with Gasteiger partial charge < -0.3 is 0 Å². The van der Waals surface area contributed by atoms with Crippen LogP contribution < -0.4 is 0 Å². The van der Waals surface area contributed by atoms with Crippen LogP contribution in [0.1, 0.15) is 71.1 Å². The number of hydrogen-bond acceptors (Lipinski definition) is 5. The summed E-state index contributed by atoms with van der Waals surface area (Å²) in [5.74, 6) is 0. The van der Waals surface area contributed by atoms with Gasteiger partial charge in [0.15, 0.2) is 6.29 Å². The lowest BCUT2D eigenvalue weighted by Crippen LogP contribution is -1.98. The summed E-state index contributed by atoms with van der Waals surface area (Å²) in [6.07, 6.45) is 18.6. The van der Waals surface area contributed by atoms with Gasteiger partial charge in [-0.05, 0) is 44.3 Å². The van der Waals surface area contributed by atoms with Crippen LogP contribution in [-0.2, 0) is 4.79 Å². The Morgan fingerprint density at radius 1 is 0.852 bits per heavy atom. The molecule has 0 aliphatic heterocycles. The smallest absolute Gasteiger partial charge is 0.246 e. The summed E-state index contributed by atoms with van der Waals surface area (Å²) in [5.41, 5.74) is 0.415. The average molecular weight is 377 g/mol. The first-order valence-corrected chi connectivity index (χ1v) is 9.34. The van der Waals surface area contributed by atoms with Crippen molar-refractivity contribution in [3.63, 3.8) is 0 Å². The van der Waals surface area contributed by atoms with Crippen LogP contribution in [0.3, 0.4) is 0 Å². The molecule has 0 aliphatic carbocycles. The summed E-state index contributed by atoms with van der Waals surface area (Å²) >= 11 is 0. The van der Waals surface area contributed by atoms with E-state index in [2.05, 4.69) is 0 Å². The first-order valence-electron chi connectivity index (χ1n) is 9.34. The molecule has 27 heavy (non-hydrogen) atoms. The summed E-state index contributed by atoms with van der Waals surface area (Å²) in [6.45, 7) is 1.86. The van der Waals surface area contributed by atoms with E-state index < -0.39 is 0 Å². The SMILES string of the molecule is CC/C=C(/C/C=C/C/C=C/C/C=C(/CCCCCC[C]=O)[N+](=O)[O-])[N+](=O)[O-]. The summed E-state index contributed by atoms with van der Waals surface area (Å²) < 4.78 is 0. The monoisotopic (exact) mass is 377 g/mol. The van der Waals surface area contributed by atoms with Crippen LogP contribution >= 0.6 is 0 Å². The van der Waals surface area contributed by atoms with E-state index in [-0.39, 0.29) is 21.2 Å². The van der Waals surface area contributed by atoms with Gasteiger partial charge in [0.25, 0.3) is 0 Å². The van der Waals surface area contributed by atoms with Crippen molar-refractivity contribution in [3.05, 3.63) is 68.1 Å². The molecule has 0 N–H and O–H groups in total. The topological polar surface area (TPSA) is 103 Å². The summed E-state index contributed by atoms with van der Waals surface area (Å²) in [7, 11) is 0. The van der Waals surface area contributed by atoms with Gasteiger partial charge in [-0.1, -0.05) is 44.1 Å². The zero-order valence-electron chi connectivity index (χ0n) is 16.0. The summed E-state index contributed by atoms with van der Waals surface area (Å²) in [6, 6.07) is 0. The molecule has 7 nitrogen and oxygen atoms in total. The Kier molecular flexibility index (Phi) is 15.3. The van der Waals surface area contributed by atoms with Crippen molar-refractivity contribution in [2.24, 2.45) is 0 Å². The Morgan fingerprint density at radius 3 is 2.11 bits per heavy atom. The van der Waals surface area contributed by atoms with E-state index in [0.29, 0.717) is 38.5 Å². The van der Waals surface area contributed by atoms with Crippen LogP contribution in [-0.4, -0.2) is 16.1 Å². The Balaban J connectivity index is 4.16. The third-order valence-corrected chi connectivity index (χ3v) is 3.79. The van der Waals surface area contributed by atoms with E-state index in [9.17, 15) is 25.0 Å². The van der Waals surface area contributed by atoms with Gasteiger partial charge in [-0.15, -0.1) is 0 Å². The van der Waals surface area contributed by atoms with Gasteiger partial charge in [0.05, 0.1) is 16.3 Å². The Morgan fingerprint density at radius 2 is 1.48 bits per heavy atom. The van der Waals surface area contributed by atoms with Crippen molar-refractivity contribution < 1.29 is 14.6 Å². The van der Waals surface area contributed by atoms with Gasteiger partial charge in [-0.2, -0.15) is 0 Å². The predicted octanol–water partition coefficient (Wildman–Crippen LogP) is 5.45. The molecule has 0 aliphatic rings. The molecule has 0 spiro atoms. The van der Waals surface area contributed by atoms with Crippen molar-refractivity contribution in [1.29, 1.82) is 0 Å². The van der Waals surface area contributed by atoms with Crippen molar-refractivity contribution in [2.45, 2.75) is 71.1 Å². The number of unbranched alkanes of at least 4 members (excludes halogenated alkanes) is 4. The third-order valence-electron chi connectivity index (χ3n) is 3.79. The zero-order valence-corrected chi connectivity index (χ0v) is 16.0. The molecular weight excluding hydrogens is 348 g/mol. The van der Waals surface area contributed by atoms with Crippen LogP contribution in [0, 0.1) is 20.2 Å². The van der Waals surface area contributed by atoms with Gasteiger partial charge in [0, 0.05) is 12.8 Å². The lowest BCUT2D eigenvalue weighted by atomic mass is 10.1. The molecule has 0 fully saturated rings. The van der Waals surface area contributed by atoms with Gasteiger partial charge in [-0.3, -0.25) is 25.0 Å². The molecule has 0 amide bonds. The van der Waals surface area contributed by atoms with Crippen LogP contribution in [0.15, 0.2) is 47.9 Å². The first-order chi connectivity index (χ1) is 13.0. The molecule has 149 valence electrons. The molecular formula is C20H29N2O5. The van der Waals surface area contributed by atoms with E-state index in [4.69, 9.17) is 0 Å². The Labute approximate surface area is 160 Å². The van der Waals surface area contributed by atoms with Gasteiger partial charge in [-0.25, -0.2) is 0 Å². The number of hydrogen-bond donors (Lipinski definition) is 0. The molecule has 0 unspecified atom stereocenters. The maximum atomic E-state index is 11.0.